The number of nitrogens with two attached hydrogens (primary N) is 1. The molecule has 0 aromatic heterocycles. The van der Waals surface area contributed by atoms with E-state index in [0.717, 1.165) is 13.1 Å². The normalized spacial score (nSPS) is 12.3. The molecule has 21 heavy (non-hydrogen) atoms. The number of primary sulfonamides is 1. The first-order valence-corrected chi connectivity index (χ1v) is 7.34. The van der Waals surface area contributed by atoms with Crippen molar-refractivity contribution in [1.82, 2.24) is 4.90 Å². The van der Waals surface area contributed by atoms with Gasteiger partial charge in [-0.05, 0) is 37.1 Å². The standard InChI is InChI=1S/C12H15F3N2O3S/c1-7-4-9(5-10(8(7)2)21(16,19)20)11(18)17(3)6-12(13,14)15/h4-5H,6H2,1-3H3,(H2,16,19,20). The van der Waals surface area contributed by atoms with Crippen LogP contribution in [0.3, 0.4) is 0 Å². The Morgan fingerprint density at radius 1 is 1.29 bits per heavy atom. The average Bonchev–Trinajstić information content (AvgIpc) is 2.27. The van der Waals surface area contributed by atoms with Crippen molar-refractivity contribution in [1.29, 1.82) is 0 Å². The molecular weight excluding hydrogens is 309 g/mol. The lowest BCUT2D eigenvalue weighted by molar-refractivity contribution is -0.138. The summed E-state index contributed by atoms with van der Waals surface area (Å²) in [5, 5.41) is 5.04. The number of sulfonamides is 1. The van der Waals surface area contributed by atoms with Gasteiger partial charge in [0.25, 0.3) is 5.91 Å². The molecule has 0 spiro atoms. The minimum absolute atomic E-state index is 0.158. The van der Waals surface area contributed by atoms with E-state index in [2.05, 4.69) is 0 Å². The van der Waals surface area contributed by atoms with E-state index in [1.54, 1.807) is 6.92 Å². The number of carbonyl (C=O) groups excluding carboxylic acids is 1. The SMILES string of the molecule is Cc1cc(C(=O)N(C)CC(F)(F)F)cc(S(N)(=O)=O)c1C. The van der Waals surface area contributed by atoms with Crippen LogP contribution in [0.4, 0.5) is 13.2 Å². The van der Waals surface area contributed by atoms with E-state index in [9.17, 15) is 26.4 Å². The van der Waals surface area contributed by atoms with Crippen molar-refractivity contribution >= 4 is 15.9 Å². The molecule has 0 atom stereocenters. The number of benzene rings is 1. The zero-order valence-corrected chi connectivity index (χ0v) is 12.5. The van der Waals surface area contributed by atoms with E-state index in [0.29, 0.717) is 16.0 Å². The van der Waals surface area contributed by atoms with Crippen LogP contribution >= 0.6 is 0 Å². The molecular formula is C12H15F3N2O3S. The van der Waals surface area contributed by atoms with E-state index in [4.69, 9.17) is 5.14 Å². The summed E-state index contributed by atoms with van der Waals surface area (Å²) in [6, 6.07) is 2.33. The van der Waals surface area contributed by atoms with Gasteiger partial charge >= 0.3 is 6.18 Å². The van der Waals surface area contributed by atoms with Gasteiger partial charge in [0.15, 0.2) is 0 Å². The Morgan fingerprint density at radius 2 is 1.81 bits per heavy atom. The van der Waals surface area contributed by atoms with Gasteiger partial charge in [0, 0.05) is 12.6 Å². The van der Waals surface area contributed by atoms with E-state index < -0.39 is 28.7 Å². The molecule has 0 radical (unpaired) electrons. The Morgan fingerprint density at radius 3 is 2.24 bits per heavy atom. The highest BCUT2D eigenvalue weighted by molar-refractivity contribution is 7.89. The second kappa shape index (κ2) is 5.64. The second-order valence-corrected chi connectivity index (χ2v) is 6.27. The zero-order chi connectivity index (χ0) is 16.6. The summed E-state index contributed by atoms with van der Waals surface area (Å²) in [6.45, 7) is 1.62. The van der Waals surface area contributed by atoms with Gasteiger partial charge in [-0.15, -0.1) is 0 Å². The molecule has 118 valence electrons. The summed E-state index contributed by atoms with van der Waals surface area (Å²) in [4.78, 5) is 12.2. The molecule has 1 amide bonds. The molecule has 0 aliphatic rings. The number of nitrogens with zero attached hydrogens (tertiary/aromatic N) is 1. The summed E-state index contributed by atoms with van der Waals surface area (Å²) >= 11 is 0. The van der Waals surface area contributed by atoms with E-state index in [1.165, 1.54) is 13.0 Å². The summed E-state index contributed by atoms with van der Waals surface area (Å²) in [5.41, 5.74) is 0.645. The highest BCUT2D eigenvalue weighted by Crippen LogP contribution is 2.22. The molecule has 0 saturated heterocycles. The van der Waals surface area contributed by atoms with Crippen molar-refractivity contribution in [2.45, 2.75) is 24.9 Å². The van der Waals surface area contributed by atoms with Crippen molar-refractivity contribution in [2.75, 3.05) is 13.6 Å². The van der Waals surface area contributed by atoms with Crippen LogP contribution in [0.1, 0.15) is 21.5 Å². The number of aryl methyl sites for hydroxylation is 1. The van der Waals surface area contributed by atoms with Crippen molar-refractivity contribution < 1.29 is 26.4 Å². The summed E-state index contributed by atoms with van der Waals surface area (Å²) in [5.74, 6) is -0.930. The van der Waals surface area contributed by atoms with Crippen LogP contribution < -0.4 is 5.14 Å². The molecule has 0 aliphatic carbocycles. The average molecular weight is 324 g/mol. The van der Waals surface area contributed by atoms with Crippen LogP contribution in [0.5, 0.6) is 0 Å². The fraction of sp³-hybridized carbons (Fsp3) is 0.417. The van der Waals surface area contributed by atoms with Gasteiger partial charge in [-0.2, -0.15) is 13.2 Å². The van der Waals surface area contributed by atoms with Gasteiger partial charge in [0.2, 0.25) is 10.0 Å². The molecule has 0 saturated carbocycles. The van der Waals surface area contributed by atoms with Crippen molar-refractivity contribution in [3.8, 4) is 0 Å². The fourth-order valence-corrected chi connectivity index (χ4v) is 2.69. The first-order valence-electron chi connectivity index (χ1n) is 5.79. The number of alkyl halides is 3. The highest BCUT2D eigenvalue weighted by atomic mass is 32.2. The monoisotopic (exact) mass is 324 g/mol. The summed E-state index contributed by atoms with van der Waals surface area (Å²) < 4.78 is 59.8. The third-order valence-electron chi connectivity index (χ3n) is 2.94. The predicted octanol–water partition coefficient (Wildman–Crippen LogP) is 1.59. The van der Waals surface area contributed by atoms with Gasteiger partial charge < -0.3 is 4.90 Å². The fourth-order valence-electron chi connectivity index (χ4n) is 1.81. The molecule has 1 rings (SSSR count). The summed E-state index contributed by atoms with van der Waals surface area (Å²) in [6.07, 6.45) is -4.53. The number of carbonyl (C=O) groups is 1. The van der Waals surface area contributed by atoms with Crippen LogP contribution in [0.2, 0.25) is 0 Å². The Labute approximate surface area is 120 Å². The van der Waals surface area contributed by atoms with Crippen LogP contribution in [0, 0.1) is 13.8 Å². The Kier molecular flexibility index (Phi) is 4.69. The van der Waals surface area contributed by atoms with Gasteiger partial charge in [-0.1, -0.05) is 0 Å². The first kappa shape index (κ1) is 17.4. The number of hydrogen-bond acceptors (Lipinski definition) is 3. The maximum Gasteiger partial charge on any atom is 0.406 e. The van der Waals surface area contributed by atoms with E-state index >= 15 is 0 Å². The molecule has 0 fully saturated rings. The molecule has 2 N–H and O–H groups in total. The maximum atomic E-state index is 12.3. The Hall–Kier alpha value is -1.61. The largest absolute Gasteiger partial charge is 0.406 e. The van der Waals surface area contributed by atoms with Crippen molar-refractivity contribution in [3.63, 3.8) is 0 Å². The molecule has 1 aromatic carbocycles. The van der Waals surface area contributed by atoms with E-state index in [-0.39, 0.29) is 10.5 Å². The molecule has 0 bridgehead atoms. The number of rotatable bonds is 3. The third-order valence-corrected chi connectivity index (χ3v) is 3.97. The lowest BCUT2D eigenvalue weighted by Gasteiger charge is -2.20. The molecule has 9 heteroatoms. The molecule has 0 aliphatic heterocycles. The van der Waals surface area contributed by atoms with Gasteiger partial charge in [0.1, 0.15) is 6.54 Å². The summed E-state index contributed by atoms with van der Waals surface area (Å²) in [7, 11) is -3.08. The molecule has 5 nitrogen and oxygen atoms in total. The first-order chi connectivity index (χ1) is 9.33. The Bertz CT molecular complexity index is 669. The topological polar surface area (TPSA) is 80.5 Å². The van der Waals surface area contributed by atoms with Crippen molar-refractivity contribution in [3.05, 3.63) is 28.8 Å². The van der Waals surface area contributed by atoms with E-state index in [1.807, 2.05) is 0 Å². The third kappa shape index (κ3) is 4.43. The minimum Gasteiger partial charge on any atom is -0.333 e. The molecule has 1 aromatic rings. The second-order valence-electron chi connectivity index (χ2n) is 4.74. The lowest BCUT2D eigenvalue weighted by Crippen LogP contribution is -2.36. The maximum absolute atomic E-state index is 12.3. The smallest absolute Gasteiger partial charge is 0.333 e. The van der Waals surface area contributed by atoms with Crippen LogP contribution in [0.25, 0.3) is 0 Å². The minimum atomic E-state index is -4.53. The quantitative estimate of drug-likeness (QED) is 0.917. The Balaban J connectivity index is 3.27. The lowest BCUT2D eigenvalue weighted by atomic mass is 10.1. The van der Waals surface area contributed by atoms with Gasteiger partial charge in [-0.25, -0.2) is 13.6 Å². The number of hydrogen-bond donors (Lipinski definition) is 1. The predicted molar refractivity (Wildman–Crippen MR) is 70.3 cm³/mol. The van der Waals surface area contributed by atoms with Crippen LogP contribution in [0.15, 0.2) is 17.0 Å². The van der Waals surface area contributed by atoms with Crippen molar-refractivity contribution in [2.24, 2.45) is 5.14 Å². The van der Waals surface area contributed by atoms with Gasteiger partial charge in [-0.3, -0.25) is 4.79 Å². The van der Waals surface area contributed by atoms with Crippen LogP contribution in [-0.4, -0.2) is 39.0 Å². The number of halogens is 3. The highest BCUT2D eigenvalue weighted by Gasteiger charge is 2.32. The van der Waals surface area contributed by atoms with Crippen LogP contribution in [-0.2, 0) is 10.0 Å². The zero-order valence-electron chi connectivity index (χ0n) is 11.7. The molecule has 0 heterocycles. The molecule has 0 unspecified atom stereocenters. The number of amides is 1. The van der Waals surface area contributed by atoms with Gasteiger partial charge in [0.05, 0.1) is 4.90 Å².